The molecule has 0 aliphatic rings. The Bertz CT molecular complexity index is 204. The summed E-state index contributed by atoms with van der Waals surface area (Å²) >= 11 is 0. The summed E-state index contributed by atoms with van der Waals surface area (Å²) in [5.74, 6) is 0. The maximum absolute atomic E-state index is 5.82. The van der Waals surface area contributed by atoms with Crippen molar-refractivity contribution in [2.75, 3.05) is 13.2 Å². The van der Waals surface area contributed by atoms with Gasteiger partial charge in [-0.05, 0) is 34.6 Å². The molecule has 4 heteroatoms. The van der Waals surface area contributed by atoms with Gasteiger partial charge in [-0.25, -0.2) is 0 Å². The van der Waals surface area contributed by atoms with Gasteiger partial charge in [-0.15, -0.1) is 0 Å². The van der Waals surface area contributed by atoms with Crippen LogP contribution in [0.4, 0.5) is 0 Å². The van der Waals surface area contributed by atoms with Crippen LogP contribution in [0, 0.1) is 0 Å². The van der Waals surface area contributed by atoms with Crippen LogP contribution in [0.15, 0.2) is 12.2 Å². The van der Waals surface area contributed by atoms with E-state index in [9.17, 15) is 0 Å². The van der Waals surface area contributed by atoms with E-state index in [0.29, 0.717) is 13.2 Å². The maximum atomic E-state index is 5.82. The molecule has 0 N–H and O–H groups in total. The molecule has 96 valence electrons. The van der Waals surface area contributed by atoms with Gasteiger partial charge in [0.2, 0.25) is 0 Å². The average Bonchev–Trinajstić information content (AvgIpc) is 1.98. The fraction of sp³-hybridized carbons (Fsp3) is 0.833. The molecular weight excluding hydrogens is 220 g/mol. The van der Waals surface area contributed by atoms with Gasteiger partial charge in [-0.1, -0.05) is 12.2 Å². The second-order valence-electron chi connectivity index (χ2n) is 4.92. The van der Waals surface area contributed by atoms with Crippen molar-refractivity contribution < 1.29 is 14.2 Å². The summed E-state index contributed by atoms with van der Waals surface area (Å²) in [6.45, 7) is 14.8. The van der Waals surface area contributed by atoms with Gasteiger partial charge in [0.1, 0.15) is 0 Å². The highest BCUT2D eigenvalue weighted by Crippen LogP contribution is 2.15. The molecule has 3 nitrogen and oxygen atoms in total. The minimum atomic E-state index is -0.544. The maximum Gasteiger partial charge on any atom is 0.164 e. The molecule has 0 aromatic heterocycles. The van der Waals surface area contributed by atoms with E-state index in [4.69, 9.17) is 14.2 Å². The van der Waals surface area contributed by atoms with Gasteiger partial charge in [0.05, 0.1) is 35.7 Å². The SMILES string of the molecule is C=C(C)COCC([SiH3])(OC(C)C)OC(C)C. The van der Waals surface area contributed by atoms with Crippen LogP contribution in [-0.2, 0) is 14.2 Å². The Morgan fingerprint density at radius 1 is 1.19 bits per heavy atom. The van der Waals surface area contributed by atoms with Crippen LogP contribution in [0.2, 0.25) is 0 Å². The van der Waals surface area contributed by atoms with E-state index in [1.54, 1.807) is 0 Å². The van der Waals surface area contributed by atoms with E-state index in [1.165, 1.54) is 0 Å². The summed E-state index contributed by atoms with van der Waals surface area (Å²) in [6.07, 6.45) is 0.286. The molecule has 0 amide bonds. The van der Waals surface area contributed by atoms with Crippen LogP contribution in [0.5, 0.6) is 0 Å². The zero-order chi connectivity index (χ0) is 12.8. The summed E-state index contributed by atoms with van der Waals surface area (Å²) in [5.41, 5.74) is 0.468. The first kappa shape index (κ1) is 15.8. The van der Waals surface area contributed by atoms with E-state index >= 15 is 0 Å². The Morgan fingerprint density at radius 2 is 1.62 bits per heavy atom. The summed E-state index contributed by atoms with van der Waals surface area (Å²) in [7, 11) is 0.775. The number of ether oxygens (including phenoxy) is 3. The third kappa shape index (κ3) is 8.04. The van der Waals surface area contributed by atoms with Crippen LogP contribution in [0.3, 0.4) is 0 Å². The topological polar surface area (TPSA) is 27.7 Å². The van der Waals surface area contributed by atoms with Crippen molar-refractivity contribution in [3.63, 3.8) is 0 Å². The largest absolute Gasteiger partial charge is 0.372 e. The molecule has 0 saturated heterocycles. The number of hydrogen-bond donors (Lipinski definition) is 0. The number of hydrogen-bond acceptors (Lipinski definition) is 3. The normalized spacial score (nSPS) is 12.7. The molecule has 0 aromatic rings. The standard InChI is InChI=1S/C12H26O3Si/c1-9(2)7-13-8-12(16,14-10(3)4)15-11(5)6/h10-11H,1,7-8H2,2-6,16H3. The van der Waals surface area contributed by atoms with E-state index in [-0.39, 0.29) is 12.2 Å². The van der Waals surface area contributed by atoms with Gasteiger partial charge in [0.15, 0.2) is 5.41 Å². The first-order valence-corrected chi connectivity index (χ1v) is 6.83. The second kappa shape index (κ2) is 7.22. The van der Waals surface area contributed by atoms with Gasteiger partial charge in [0.25, 0.3) is 0 Å². The summed E-state index contributed by atoms with van der Waals surface area (Å²) in [4.78, 5) is 0. The molecule has 0 saturated carbocycles. The summed E-state index contributed by atoms with van der Waals surface area (Å²) < 4.78 is 17.2. The third-order valence-electron chi connectivity index (χ3n) is 1.68. The number of rotatable bonds is 8. The van der Waals surface area contributed by atoms with Crippen LogP contribution in [-0.4, -0.2) is 41.1 Å². The van der Waals surface area contributed by atoms with Crippen molar-refractivity contribution in [1.82, 2.24) is 0 Å². The van der Waals surface area contributed by atoms with Gasteiger partial charge in [0, 0.05) is 0 Å². The molecule has 0 unspecified atom stereocenters. The third-order valence-corrected chi connectivity index (χ3v) is 2.44. The van der Waals surface area contributed by atoms with Gasteiger partial charge in [-0.2, -0.15) is 0 Å². The van der Waals surface area contributed by atoms with Crippen molar-refractivity contribution >= 4 is 10.2 Å². The van der Waals surface area contributed by atoms with E-state index in [1.807, 2.05) is 34.6 Å². The fourth-order valence-corrected chi connectivity index (χ4v) is 2.65. The molecular formula is C12H26O3Si. The highest BCUT2D eigenvalue weighted by atomic mass is 28.1. The molecule has 0 aromatic carbocycles. The Kier molecular flexibility index (Phi) is 7.15. The average molecular weight is 246 g/mol. The van der Waals surface area contributed by atoms with Crippen LogP contribution < -0.4 is 0 Å². The Labute approximate surface area is 103 Å². The Balaban J connectivity index is 4.23. The monoisotopic (exact) mass is 246 g/mol. The predicted octanol–water partition coefficient (Wildman–Crippen LogP) is 1.45. The lowest BCUT2D eigenvalue weighted by Gasteiger charge is -2.33. The smallest absolute Gasteiger partial charge is 0.164 e. The quantitative estimate of drug-likeness (QED) is 0.368. The first-order chi connectivity index (χ1) is 7.25. The van der Waals surface area contributed by atoms with E-state index in [2.05, 4.69) is 6.58 Å². The van der Waals surface area contributed by atoms with Crippen molar-refractivity contribution in [2.24, 2.45) is 0 Å². The van der Waals surface area contributed by atoms with Crippen molar-refractivity contribution in [3.8, 4) is 0 Å². The van der Waals surface area contributed by atoms with E-state index < -0.39 is 5.41 Å². The Morgan fingerprint density at radius 3 is 1.94 bits per heavy atom. The van der Waals surface area contributed by atoms with E-state index in [0.717, 1.165) is 15.8 Å². The molecule has 0 rings (SSSR count). The van der Waals surface area contributed by atoms with Crippen LogP contribution in [0.25, 0.3) is 0 Å². The molecule has 0 fully saturated rings. The zero-order valence-corrected chi connectivity index (χ0v) is 13.5. The predicted molar refractivity (Wildman–Crippen MR) is 70.7 cm³/mol. The summed E-state index contributed by atoms with van der Waals surface area (Å²) in [5, 5.41) is 0. The van der Waals surface area contributed by atoms with Crippen molar-refractivity contribution in [3.05, 3.63) is 12.2 Å². The lowest BCUT2D eigenvalue weighted by atomic mass is 10.4. The minimum Gasteiger partial charge on any atom is -0.372 e. The van der Waals surface area contributed by atoms with Crippen LogP contribution >= 0.6 is 0 Å². The molecule has 0 bridgehead atoms. The second-order valence-corrected chi connectivity index (χ2v) is 6.44. The molecule has 0 aliphatic carbocycles. The highest BCUT2D eigenvalue weighted by Gasteiger charge is 2.28. The van der Waals surface area contributed by atoms with Crippen LogP contribution in [0.1, 0.15) is 34.6 Å². The first-order valence-electron chi connectivity index (χ1n) is 5.83. The molecule has 0 radical (unpaired) electrons. The highest BCUT2D eigenvalue weighted by molar-refractivity contribution is 6.13. The fourth-order valence-electron chi connectivity index (χ4n) is 1.50. The van der Waals surface area contributed by atoms with Crippen molar-refractivity contribution in [2.45, 2.75) is 52.2 Å². The molecule has 0 spiro atoms. The molecule has 16 heavy (non-hydrogen) atoms. The molecule has 0 heterocycles. The van der Waals surface area contributed by atoms with Gasteiger partial charge in [-0.3, -0.25) is 0 Å². The lowest BCUT2D eigenvalue weighted by molar-refractivity contribution is -0.236. The summed E-state index contributed by atoms with van der Waals surface area (Å²) in [6, 6.07) is 0. The lowest BCUT2D eigenvalue weighted by Crippen LogP contribution is -2.45. The van der Waals surface area contributed by atoms with Gasteiger partial charge < -0.3 is 14.2 Å². The van der Waals surface area contributed by atoms with Gasteiger partial charge >= 0.3 is 0 Å². The Hall–Kier alpha value is -0.163. The minimum absolute atomic E-state index is 0.143. The zero-order valence-electron chi connectivity index (χ0n) is 11.5. The molecule has 0 aliphatic heterocycles. The molecule has 0 atom stereocenters. The van der Waals surface area contributed by atoms with Crippen molar-refractivity contribution in [1.29, 1.82) is 0 Å².